The molecule has 1 unspecified atom stereocenters. The molecule has 5 nitrogen and oxygen atoms in total. The van der Waals surface area contributed by atoms with Crippen molar-refractivity contribution in [2.45, 2.75) is 40.2 Å². The van der Waals surface area contributed by atoms with E-state index in [2.05, 4.69) is 4.98 Å². The van der Waals surface area contributed by atoms with Gasteiger partial charge in [-0.2, -0.15) is 0 Å². The number of nitrogens with two attached hydrogens (primary N) is 1. The van der Waals surface area contributed by atoms with E-state index in [4.69, 9.17) is 17.3 Å². The summed E-state index contributed by atoms with van der Waals surface area (Å²) in [5, 5.41) is 1.21. The fourth-order valence-electron chi connectivity index (χ4n) is 3.30. The normalized spacial score (nSPS) is 12.5. The minimum atomic E-state index is -0.709. The van der Waals surface area contributed by atoms with Crippen LogP contribution in [0.3, 0.4) is 0 Å². The van der Waals surface area contributed by atoms with E-state index >= 15 is 0 Å². The lowest BCUT2D eigenvalue weighted by Crippen LogP contribution is -2.35. The second kappa shape index (κ2) is 6.85. The Morgan fingerprint density at radius 1 is 1.35 bits per heavy atom. The number of nitrogens with zero attached hydrogens (tertiary/aromatic N) is 2. The number of primary amides is 1. The van der Waals surface area contributed by atoms with Gasteiger partial charge in [0.25, 0.3) is 5.56 Å². The Bertz CT molecular complexity index is 1080. The Morgan fingerprint density at radius 3 is 2.62 bits per heavy atom. The highest BCUT2D eigenvalue weighted by Gasteiger charge is 2.24. The first-order valence-electron chi connectivity index (χ1n) is 8.34. The van der Waals surface area contributed by atoms with Crippen LogP contribution < -0.4 is 11.3 Å². The van der Waals surface area contributed by atoms with E-state index in [9.17, 15) is 9.59 Å². The van der Waals surface area contributed by atoms with E-state index in [1.807, 2.05) is 39.0 Å². The van der Waals surface area contributed by atoms with Crippen molar-refractivity contribution in [1.82, 2.24) is 9.55 Å². The van der Waals surface area contributed by atoms with Crippen molar-refractivity contribution in [1.29, 1.82) is 0 Å². The zero-order valence-electron chi connectivity index (χ0n) is 15.1. The van der Waals surface area contributed by atoms with Crippen molar-refractivity contribution in [3.63, 3.8) is 0 Å². The van der Waals surface area contributed by atoms with Gasteiger partial charge in [-0.05, 0) is 50.5 Å². The Kier molecular flexibility index (Phi) is 4.90. The first kappa shape index (κ1) is 18.6. The molecule has 0 aliphatic carbocycles. The Balaban J connectivity index is 2.39. The van der Waals surface area contributed by atoms with Crippen LogP contribution >= 0.6 is 22.9 Å². The zero-order chi connectivity index (χ0) is 19.2. The number of fused-ring (bicyclic) bond motifs is 1. The van der Waals surface area contributed by atoms with E-state index < -0.39 is 11.9 Å². The first-order chi connectivity index (χ1) is 12.3. The predicted molar refractivity (Wildman–Crippen MR) is 107 cm³/mol. The van der Waals surface area contributed by atoms with Gasteiger partial charge in [-0.25, -0.2) is 4.98 Å². The highest BCUT2D eigenvalue weighted by Crippen LogP contribution is 2.37. The van der Waals surface area contributed by atoms with Crippen LogP contribution in [-0.4, -0.2) is 15.5 Å². The third-order valence-corrected chi connectivity index (χ3v) is 6.01. The number of carbonyl (C=O) groups excluding carboxylic acids is 1. The number of amides is 1. The van der Waals surface area contributed by atoms with Crippen LogP contribution in [0.2, 0.25) is 5.02 Å². The van der Waals surface area contributed by atoms with Crippen LogP contribution in [0.5, 0.6) is 0 Å². The standard InChI is InChI=1S/C19H20ClN3O2S/c1-5-14(17(21)24)23-11(4)22-18-16(19(23)25)15(10(3)26-18)12-6-7-13(20)9(2)8-12/h6-8,14H,5H2,1-4H3,(H2,21,24). The molecule has 2 aromatic heterocycles. The molecule has 26 heavy (non-hydrogen) atoms. The number of hydrogen-bond acceptors (Lipinski definition) is 4. The number of halogens is 1. The van der Waals surface area contributed by atoms with E-state index in [0.29, 0.717) is 27.5 Å². The lowest BCUT2D eigenvalue weighted by Gasteiger charge is -2.17. The van der Waals surface area contributed by atoms with Crippen LogP contribution in [0.25, 0.3) is 21.3 Å². The van der Waals surface area contributed by atoms with Crippen molar-refractivity contribution in [2.24, 2.45) is 5.73 Å². The van der Waals surface area contributed by atoms with Crippen molar-refractivity contribution in [3.8, 4) is 11.1 Å². The summed E-state index contributed by atoms with van der Waals surface area (Å²) >= 11 is 7.62. The third-order valence-electron chi connectivity index (χ3n) is 4.58. The Morgan fingerprint density at radius 2 is 2.04 bits per heavy atom. The molecule has 0 aliphatic rings. The van der Waals surface area contributed by atoms with E-state index in [-0.39, 0.29) is 5.56 Å². The first-order valence-corrected chi connectivity index (χ1v) is 9.53. The molecule has 0 fully saturated rings. The second-order valence-corrected chi connectivity index (χ2v) is 7.95. The largest absolute Gasteiger partial charge is 0.368 e. The van der Waals surface area contributed by atoms with Crippen LogP contribution in [0.1, 0.15) is 35.7 Å². The molecule has 0 radical (unpaired) electrons. The molecule has 1 aromatic carbocycles. The molecule has 1 amide bonds. The quantitative estimate of drug-likeness (QED) is 0.728. The van der Waals surface area contributed by atoms with Crippen LogP contribution in [0.4, 0.5) is 0 Å². The summed E-state index contributed by atoms with van der Waals surface area (Å²) in [4.78, 5) is 31.4. The maximum Gasteiger partial charge on any atom is 0.263 e. The predicted octanol–water partition coefficient (Wildman–Crippen LogP) is 4.14. The molecule has 7 heteroatoms. The van der Waals surface area contributed by atoms with Crippen molar-refractivity contribution >= 4 is 39.1 Å². The molecule has 0 aliphatic heterocycles. The van der Waals surface area contributed by atoms with Crippen LogP contribution in [0.15, 0.2) is 23.0 Å². The maximum atomic E-state index is 13.3. The summed E-state index contributed by atoms with van der Waals surface area (Å²) in [6, 6.07) is 4.98. The van der Waals surface area contributed by atoms with Gasteiger partial charge >= 0.3 is 0 Å². The smallest absolute Gasteiger partial charge is 0.263 e. The van der Waals surface area contributed by atoms with Gasteiger partial charge in [-0.1, -0.05) is 24.6 Å². The maximum absolute atomic E-state index is 13.3. The lowest BCUT2D eigenvalue weighted by atomic mass is 10.0. The molecule has 0 saturated heterocycles. The summed E-state index contributed by atoms with van der Waals surface area (Å²) in [6.07, 6.45) is 0.432. The number of aromatic nitrogens is 2. The summed E-state index contributed by atoms with van der Waals surface area (Å²) in [5.74, 6) is -0.0390. The number of benzene rings is 1. The van der Waals surface area contributed by atoms with Gasteiger partial charge in [0.2, 0.25) is 5.91 Å². The van der Waals surface area contributed by atoms with Gasteiger partial charge in [-0.15, -0.1) is 11.3 Å². The Hall–Kier alpha value is -2.18. The molecule has 136 valence electrons. The van der Waals surface area contributed by atoms with E-state index in [0.717, 1.165) is 21.6 Å². The Labute approximate surface area is 160 Å². The number of carbonyl (C=O) groups is 1. The van der Waals surface area contributed by atoms with Gasteiger partial charge in [0, 0.05) is 15.5 Å². The minimum Gasteiger partial charge on any atom is -0.368 e. The van der Waals surface area contributed by atoms with Crippen molar-refractivity contribution in [3.05, 3.63) is 49.8 Å². The minimum absolute atomic E-state index is 0.231. The summed E-state index contributed by atoms with van der Waals surface area (Å²) in [6.45, 7) is 7.45. The fourth-order valence-corrected chi connectivity index (χ4v) is 4.50. The molecule has 3 aromatic rings. The molecule has 1 atom stereocenters. The van der Waals surface area contributed by atoms with Gasteiger partial charge in [-0.3, -0.25) is 14.2 Å². The number of hydrogen-bond donors (Lipinski definition) is 1. The van der Waals surface area contributed by atoms with Gasteiger partial charge < -0.3 is 5.73 Å². The molecule has 2 heterocycles. The average molecular weight is 390 g/mol. The highest BCUT2D eigenvalue weighted by molar-refractivity contribution is 7.19. The monoisotopic (exact) mass is 389 g/mol. The summed E-state index contributed by atoms with van der Waals surface area (Å²) in [7, 11) is 0. The number of aryl methyl sites for hydroxylation is 3. The second-order valence-electron chi connectivity index (χ2n) is 6.34. The average Bonchev–Trinajstić information content (AvgIpc) is 2.89. The molecule has 0 saturated carbocycles. The summed E-state index contributed by atoms with van der Waals surface area (Å²) in [5.41, 5.74) is 7.98. The van der Waals surface area contributed by atoms with Gasteiger partial charge in [0.15, 0.2) is 0 Å². The van der Waals surface area contributed by atoms with Crippen LogP contribution in [0, 0.1) is 20.8 Å². The molecule has 0 spiro atoms. The van der Waals surface area contributed by atoms with Crippen LogP contribution in [-0.2, 0) is 4.79 Å². The van der Waals surface area contributed by atoms with Gasteiger partial charge in [0.05, 0.1) is 5.39 Å². The molecule has 3 rings (SSSR count). The topological polar surface area (TPSA) is 78.0 Å². The molecule has 0 bridgehead atoms. The fraction of sp³-hybridized carbons (Fsp3) is 0.316. The van der Waals surface area contributed by atoms with E-state index in [1.54, 1.807) is 6.92 Å². The third kappa shape index (κ3) is 2.93. The van der Waals surface area contributed by atoms with E-state index in [1.165, 1.54) is 15.9 Å². The van der Waals surface area contributed by atoms with Gasteiger partial charge in [0.1, 0.15) is 16.7 Å². The lowest BCUT2D eigenvalue weighted by molar-refractivity contribution is -0.121. The highest BCUT2D eigenvalue weighted by atomic mass is 35.5. The molecular formula is C19H20ClN3O2S. The molecular weight excluding hydrogens is 370 g/mol. The summed E-state index contributed by atoms with van der Waals surface area (Å²) < 4.78 is 1.42. The molecule has 2 N–H and O–H groups in total. The van der Waals surface area contributed by atoms with Crippen molar-refractivity contribution in [2.75, 3.05) is 0 Å². The number of thiophene rings is 1. The zero-order valence-corrected chi connectivity index (χ0v) is 16.7. The van der Waals surface area contributed by atoms with Crippen molar-refractivity contribution < 1.29 is 4.79 Å². The number of rotatable bonds is 4. The SMILES string of the molecule is CCC(C(N)=O)n1c(C)nc2sc(C)c(-c3ccc(Cl)c(C)c3)c2c1=O.